The van der Waals surface area contributed by atoms with Crippen LogP contribution in [0.1, 0.15) is 18.4 Å². The van der Waals surface area contributed by atoms with Crippen molar-refractivity contribution in [1.29, 1.82) is 0 Å². The highest BCUT2D eigenvalue weighted by Crippen LogP contribution is 2.45. The molecule has 4 heteroatoms. The number of nitrogens with zero attached hydrogens (tertiary/aromatic N) is 1. The lowest BCUT2D eigenvalue weighted by molar-refractivity contribution is 0.0985. The fourth-order valence-electron chi connectivity index (χ4n) is 2.35. The van der Waals surface area contributed by atoms with Gasteiger partial charge in [-0.05, 0) is 30.9 Å². The van der Waals surface area contributed by atoms with Gasteiger partial charge in [0.25, 0.3) is 0 Å². The van der Waals surface area contributed by atoms with E-state index < -0.39 is 0 Å². The first-order valence-electron chi connectivity index (χ1n) is 6.37. The molecule has 1 aliphatic heterocycles. The summed E-state index contributed by atoms with van der Waals surface area (Å²) in [6.45, 7) is 1.13. The molecule has 18 heavy (non-hydrogen) atoms. The molecule has 0 spiro atoms. The van der Waals surface area contributed by atoms with Crippen LogP contribution in [0.3, 0.4) is 0 Å². The van der Waals surface area contributed by atoms with Crippen LogP contribution >= 0.6 is 0 Å². The molecule has 1 heterocycles. The van der Waals surface area contributed by atoms with Crippen LogP contribution in [0.5, 0.6) is 0 Å². The second-order valence-electron chi connectivity index (χ2n) is 5.24. The minimum Gasteiger partial charge on any atom is -0.448 e. The number of amides is 1. The van der Waals surface area contributed by atoms with Crippen molar-refractivity contribution in [3.63, 3.8) is 0 Å². The van der Waals surface area contributed by atoms with Gasteiger partial charge in [0, 0.05) is 12.0 Å². The molecule has 2 aliphatic rings. The summed E-state index contributed by atoms with van der Waals surface area (Å²) in [5.74, 6) is 0. The predicted octanol–water partition coefficient (Wildman–Crippen LogP) is 1.96. The van der Waals surface area contributed by atoms with Crippen molar-refractivity contribution in [2.45, 2.75) is 19.3 Å². The molecule has 0 bridgehead atoms. The molecule has 1 aliphatic carbocycles. The van der Waals surface area contributed by atoms with Crippen LogP contribution in [-0.2, 0) is 11.2 Å². The lowest BCUT2D eigenvalue weighted by Gasteiger charge is -2.19. The van der Waals surface area contributed by atoms with E-state index in [0.717, 1.165) is 24.9 Å². The second-order valence-corrected chi connectivity index (χ2v) is 5.24. The van der Waals surface area contributed by atoms with Gasteiger partial charge in [0.1, 0.15) is 6.61 Å². The number of hydrogen-bond acceptors (Lipinski definition) is 3. The maximum Gasteiger partial charge on any atom is 0.414 e. The molecule has 1 saturated carbocycles. The minimum atomic E-state index is -0.292. The number of hydrogen-bond donors (Lipinski definition) is 1. The molecule has 0 radical (unpaired) electrons. The van der Waals surface area contributed by atoms with Gasteiger partial charge in [-0.2, -0.15) is 0 Å². The van der Waals surface area contributed by atoms with Crippen molar-refractivity contribution in [3.8, 4) is 0 Å². The van der Waals surface area contributed by atoms with Crippen LogP contribution in [0.15, 0.2) is 24.3 Å². The average Bonchev–Trinajstić information content (AvgIpc) is 3.07. The third-order valence-corrected chi connectivity index (χ3v) is 3.90. The molecule has 1 N–H and O–H groups in total. The molecular formula is C14H17NO3. The standard InChI is InChI=1S/C14H17NO3/c16-9-14(6-7-14)10-18-13(17)15-8-5-11-3-1-2-4-12(11)15/h1-4,16H,5-10H2. The molecule has 3 rings (SSSR count). The number of ether oxygens (including phenoxy) is 1. The van der Waals surface area contributed by atoms with E-state index in [2.05, 4.69) is 0 Å². The molecule has 0 saturated heterocycles. The first kappa shape index (κ1) is 11.5. The molecule has 1 amide bonds. The van der Waals surface area contributed by atoms with Crippen LogP contribution in [0.2, 0.25) is 0 Å². The van der Waals surface area contributed by atoms with Gasteiger partial charge in [-0.1, -0.05) is 18.2 Å². The number of benzene rings is 1. The van der Waals surface area contributed by atoms with E-state index in [4.69, 9.17) is 4.74 Å². The quantitative estimate of drug-likeness (QED) is 0.888. The minimum absolute atomic E-state index is 0.108. The van der Waals surface area contributed by atoms with Gasteiger partial charge in [0.05, 0.1) is 12.3 Å². The predicted molar refractivity (Wildman–Crippen MR) is 67.6 cm³/mol. The summed E-state index contributed by atoms with van der Waals surface area (Å²) in [5.41, 5.74) is 2.00. The van der Waals surface area contributed by atoms with Crippen molar-refractivity contribution >= 4 is 11.8 Å². The van der Waals surface area contributed by atoms with E-state index in [1.165, 1.54) is 5.56 Å². The van der Waals surface area contributed by atoms with E-state index in [1.807, 2.05) is 24.3 Å². The zero-order valence-corrected chi connectivity index (χ0v) is 10.3. The van der Waals surface area contributed by atoms with E-state index in [9.17, 15) is 9.90 Å². The largest absolute Gasteiger partial charge is 0.448 e. The first-order valence-corrected chi connectivity index (χ1v) is 6.37. The maximum absolute atomic E-state index is 12.0. The van der Waals surface area contributed by atoms with E-state index in [-0.39, 0.29) is 18.1 Å². The van der Waals surface area contributed by atoms with Crippen molar-refractivity contribution < 1.29 is 14.6 Å². The first-order chi connectivity index (χ1) is 8.74. The Morgan fingerprint density at radius 1 is 1.39 bits per heavy atom. The zero-order valence-electron chi connectivity index (χ0n) is 10.3. The number of fused-ring (bicyclic) bond motifs is 1. The molecule has 1 fully saturated rings. The zero-order chi connectivity index (χ0) is 12.6. The van der Waals surface area contributed by atoms with Crippen LogP contribution in [0.4, 0.5) is 10.5 Å². The monoisotopic (exact) mass is 247 g/mol. The molecular weight excluding hydrogens is 230 g/mol. The number of anilines is 1. The van der Waals surface area contributed by atoms with E-state index in [1.54, 1.807) is 4.90 Å². The van der Waals surface area contributed by atoms with Crippen molar-refractivity contribution in [2.24, 2.45) is 5.41 Å². The highest BCUT2D eigenvalue weighted by Gasteiger charge is 2.43. The third kappa shape index (κ3) is 1.97. The fraction of sp³-hybridized carbons (Fsp3) is 0.500. The fourth-order valence-corrected chi connectivity index (χ4v) is 2.35. The number of aliphatic hydroxyl groups excluding tert-OH is 1. The topological polar surface area (TPSA) is 49.8 Å². The molecule has 0 unspecified atom stereocenters. The summed E-state index contributed by atoms with van der Waals surface area (Å²) < 4.78 is 5.33. The number of aliphatic hydroxyl groups is 1. The van der Waals surface area contributed by atoms with Crippen LogP contribution in [0, 0.1) is 5.41 Å². The van der Waals surface area contributed by atoms with Crippen LogP contribution in [0.25, 0.3) is 0 Å². The number of carbonyl (C=O) groups excluding carboxylic acids is 1. The average molecular weight is 247 g/mol. The summed E-state index contributed by atoms with van der Waals surface area (Å²) in [6.07, 6.45) is 2.50. The van der Waals surface area contributed by atoms with Gasteiger partial charge >= 0.3 is 6.09 Å². The normalized spacial score (nSPS) is 19.5. The Bertz CT molecular complexity index is 468. The van der Waals surface area contributed by atoms with Gasteiger partial charge in [-0.15, -0.1) is 0 Å². The Morgan fingerprint density at radius 3 is 2.89 bits per heavy atom. The summed E-state index contributed by atoms with van der Waals surface area (Å²) >= 11 is 0. The Morgan fingerprint density at radius 2 is 2.17 bits per heavy atom. The number of carbonyl (C=O) groups is 1. The number of para-hydroxylation sites is 1. The number of rotatable bonds is 3. The van der Waals surface area contributed by atoms with E-state index >= 15 is 0 Å². The summed E-state index contributed by atoms with van der Waals surface area (Å²) in [6, 6.07) is 7.90. The molecule has 1 aromatic rings. The molecule has 4 nitrogen and oxygen atoms in total. The molecule has 0 aromatic heterocycles. The van der Waals surface area contributed by atoms with Crippen LogP contribution < -0.4 is 4.90 Å². The highest BCUT2D eigenvalue weighted by atomic mass is 16.6. The SMILES string of the molecule is O=C(OCC1(CO)CC1)N1CCc2ccccc21. The van der Waals surface area contributed by atoms with Gasteiger partial charge in [-0.3, -0.25) is 4.90 Å². The lowest BCUT2D eigenvalue weighted by atomic mass is 10.1. The van der Waals surface area contributed by atoms with Gasteiger partial charge in [0.15, 0.2) is 0 Å². The second kappa shape index (κ2) is 4.28. The maximum atomic E-state index is 12.0. The van der Waals surface area contributed by atoms with Crippen LogP contribution in [-0.4, -0.2) is 31.0 Å². The molecule has 1 aromatic carbocycles. The smallest absolute Gasteiger partial charge is 0.414 e. The third-order valence-electron chi connectivity index (χ3n) is 3.90. The lowest BCUT2D eigenvalue weighted by Crippen LogP contribution is -2.31. The Balaban J connectivity index is 1.64. The van der Waals surface area contributed by atoms with E-state index in [0.29, 0.717) is 13.2 Å². The molecule has 96 valence electrons. The summed E-state index contributed by atoms with van der Waals surface area (Å²) in [5, 5.41) is 9.19. The van der Waals surface area contributed by atoms with Gasteiger partial charge in [0.2, 0.25) is 0 Å². The molecule has 0 atom stereocenters. The highest BCUT2D eigenvalue weighted by molar-refractivity contribution is 5.90. The summed E-state index contributed by atoms with van der Waals surface area (Å²) in [7, 11) is 0. The van der Waals surface area contributed by atoms with Gasteiger partial charge in [-0.25, -0.2) is 4.79 Å². The Kier molecular flexibility index (Phi) is 2.74. The van der Waals surface area contributed by atoms with Crippen molar-refractivity contribution in [2.75, 3.05) is 24.7 Å². The van der Waals surface area contributed by atoms with Crippen molar-refractivity contribution in [3.05, 3.63) is 29.8 Å². The Labute approximate surface area is 106 Å². The van der Waals surface area contributed by atoms with Crippen molar-refractivity contribution in [1.82, 2.24) is 0 Å². The Hall–Kier alpha value is -1.55. The van der Waals surface area contributed by atoms with Gasteiger partial charge < -0.3 is 9.84 Å². The summed E-state index contributed by atoms with van der Waals surface area (Å²) in [4.78, 5) is 13.7.